The van der Waals surface area contributed by atoms with E-state index in [1.807, 2.05) is 0 Å². The Labute approximate surface area is 103 Å². The van der Waals surface area contributed by atoms with E-state index in [0.29, 0.717) is 5.56 Å². The maximum atomic E-state index is 13.5. The summed E-state index contributed by atoms with van der Waals surface area (Å²) in [5.41, 5.74) is 6.56. The number of hydrogen-bond acceptors (Lipinski definition) is 1. The van der Waals surface area contributed by atoms with Crippen LogP contribution in [0.1, 0.15) is 17.2 Å². The summed E-state index contributed by atoms with van der Waals surface area (Å²) in [6.07, 6.45) is 0.248. The molecule has 0 aliphatic carbocycles. The SMILES string of the molecule is NC(Cc1cccc(F)c1)c1cccc(F)c1F. The quantitative estimate of drug-likeness (QED) is 0.889. The molecule has 2 aromatic rings. The van der Waals surface area contributed by atoms with Gasteiger partial charge in [0.05, 0.1) is 0 Å². The van der Waals surface area contributed by atoms with E-state index >= 15 is 0 Å². The molecule has 1 nitrogen and oxygen atoms in total. The van der Waals surface area contributed by atoms with Crippen LogP contribution < -0.4 is 5.73 Å². The summed E-state index contributed by atoms with van der Waals surface area (Å²) < 4.78 is 39.5. The first-order chi connectivity index (χ1) is 8.58. The third-order valence-electron chi connectivity index (χ3n) is 2.73. The summed E-state index contributed by atoms with van der Waals surface area (Å²) >= 11 is 0. The van der Waals surface area contributed by atoms with Crippen molar-refractivity contribution < 1.29 is 13.2 Å². The topological polar surface area (TPSA) is 26.0 Å². The summed E-state index contributed by atoms with van der Waals surface area (Å²) in [4.78, 5) is 0. The number of benzene rings is 2. The summed E-state index contributed by atoms with van der Waals surface area (Å²) in [5, 5.41) is 0. The first-order valence-electron chi connectivity index (χ1n) is 5.52. The highest BCUT2D eigenvalue weighted by Crippen LogP contribution is 2.21. The fourth-order valence-corrected chi connectivity index (χ4v) is 1.83. The molecule has 18 heavy (non-hydrogen) atoms. The van der Waals surface area contributed by atoms with E-state index < -0.39 is 17.7 Å². The molecule has 0 radical (unpaired) electrons. The molecule has 1 unspecified atom stereocenters. The van der Waals surface area contributed by atoms with Crippen molar-refractivity contribution in [1.29, 1.82) is 0 Å². The van der Waals surface area contributed by atoms with E-state index in [1.165, 1.54) is 24.3 Å². The van der Waals surface area contributed by atoms with Gasteiger partial charge >= 0.3 is 0 Å². The molecule has 2 aromatic carbocycles. The van der Waals surface area contributed by atoms with Gasteiger partial charge in [-0.25, -0.2) is 13.2 Å². The van der Waals surface area contributed by atoms with Crippen molar-refractivity contribution in [1.82, 2.24) is 0 Å². The maximum absolute atomic E-state index is 13.5. The molecule has 1 atom stereocenters. The van der Waals surface area contributed by atoms with Crippen LogP contribution in [0.4, 0.5) is 13.2 Å². The minimum Gasteiger partial charge on any atom is -0.324 e. The minimum atomic E-state index is -0.943. The van der Waals surface area contributed by atoms with Gasteiger partial charge in [0.25, 0.3) is 0 Å². The molecular formula is C14H12F3N. The number of nitrogens with two attached hydrogens (primary N) is 1. The van der Waals surface area contributed by atoms with Crippen LogP contribution in [0.15, 0.2) is 42.5 Å². The fourth-order valence-electron chi connectivity index (χ4n) is 1.83. The molecule has 2 N–H and O–H groups in total. The maximum Gasteiger partial charge on any atom is 0.163 e. The van der Waals surface area contributed by atoms with Crippen LogP contribution in [0.25, 0.3) is 0 Å². The lowest BCUT2D eigenvalue weighted by Gasteiger charge is -2.13. The lowest BCUT2D eigenvalue weighted by molar-refractivity contribution is 0.487. The van der Waals surface area contributed by atoms with Crippen molar-refractivity contribution in [3.8, 4) is 0 Å². The van der Waals surface area contributed by atoms with Crippen molar-refractivity contribution >= 4 is 0 Å². The molecule has 94 valence electrons. The highest BCUT2D eigenvalue weighted by Gasteiger charge is 2.15. The lowest BCUT2D eigenvalue weighted by atomic mass is 9.99. The first kappa shape index (κ1) is 12.6. The van der Waals surface area contributed by atoms with E-state index in [1.54, 1.807) is 12.1 Å². The Balaban J connectivity index is 2.22. The largest absolute Gasteiger partial charge is 0.324 e. The molecule has 0 spiro atoms. The van der Waals surface area contributed by atoms with Crippen LogP contribution in [0.3, 0.4) is 0 Å². The van der Waals surface area contributed by atoms with Gasteiger partial charge in [-0.05, 0) is 30.2 Å². The molecule has 0 fully saturated rings. The lowest BCUT2D eigenvalue weighted by Crippen LogP contribution is -2.15. The predicted molar refractivity (Wildman–Crippen MR) is 63.4 cm³/mol. The minimum absolute atomic E-state index is 0.0965. The second kappa shape index (κ2) is 5.23. The normalized spacial score (nSPS) is 12.4. The molecule has 0 aromatic heterocycles. The molecule has 0 aliphatic rings. The van der Waals surface area contributed by atoms with Gasteiger partial charge in [-0.1, -0.05) is 24.3 Å². The molecule has 0 bridgehead atoms. The van der Waals surface area contributed by atoms with Crippen molar-refractivity contribution in [2.75, 3.05) is 0 Å². The van der Waals surface area contributed by atoms with Gasteiger partial charge in [-0.2, -0.15) is 0 Å². The van der Waals surface area contributed by atoms with Crippen molar-refractivity contribution in [2.24, 2.45) is 5.73 Å². The van der Waals surface area contributed by atoms with Gasteiger partial charge in [0, 0.05) is 11.6 Å². The van der Waals surface area contributed by atoms with Crippen molar-refractivity contribution in [3.05, 3.63) is 71.0 Å². The molecular weight excluding hydrogens is 239 g/mol. The molecule has 0 saturated carbocycles. The highest BCUT2D eigenvalue weighted by molar-refractivity contribution is 5.25. The van der Waals surface area contributed by atoms with Gasteiger partial charge in [0.2, 0.25) is 0 Å². The van der Waals surface area contributed by atoms with Crippen LogP contribution in [0.2, 0.25) is 0 Å². The van der Waals surface area contributed by atoms with Gasteiger partial charge < -0.3 is 5.73 Å². The Kier molecular flexibility index (Phi) is 3.67. The van der Waals surface area contributed by atoms with Crippen LogP contribution in [0.5, 0.6) is 0 Å². The smallest absolute Gasteiger partial charge is 0.163 e. The number of rotatable bonds is 3. The zero-order chi connectivity index (χ0) is 13.1. The molecule has 0 aliphatic heterocycles. The fraction of sp³-hybridized carbons (Fsp3) is 0.143. The third-order valence-corrected chi connectivity index (χ3v) is 2.73. The molecule has 0 amide bonds. The van der Waals surface area contributed by atoms with Crippen LogP contribution in [0, 0.1) is 17.5 Å². The highest BCUT2D eigenvalue weighted by atomic mass is 19.2. The summed E-state index contributed by atoms with van der Waals surface area (Å²) in [7, 11) is 0. The van der Waals surface area contributed by atoms with Gasteiger partial charge in [-0.15, -0.1) is 0 Å². The third kappa shape index (κ3) is 2.71. The number of hydrogen-bond donors (Lipinski definition) is 1. The zero-order valence-electron chi connectivity index (χ0n) is 9.54. The van der Waals surface area contributed by atoms with E-state index in [0.717, 1.165) is 6.07 Å². The first-order valence-corrected chi connectivity index (χ1v) is 5.52. The molecule has 4 heteroatoms. The Morgan fingerprint density at radius 1 is 1.00 bits per heavy atom. The Morgan fingerprint density at radius 2 is 1.72 bits per heavy atom. The molecule has 2 rings (SSSR count). The van der Waals surface area contributed by atoms with Crippen molar-refractivity contribution in [3.63, 3.8) is 0 Å². The van der Waals surface area contributed by atoms with Gasteiger partial charge in [-0.3, -0.25) is 0 Å². The van der Waals surface area contributed by atoms with E-state index in [9.17, 15) is 13.2 Å². The number of halogens is 3. The van der Waals surface area contributed by atoms with E-state index in [2.05, 4.69) is 0 Å². The van der Waals surface area contributed by atoms with Gasteiger partial charge in [0.1, 0.15) is 5.82 Å². The van der Waals surface area contributed by atoms with Crippen molar-refractivity contribution in [2.45, 2.75) is 12.5 Å². The van der Waals surface area contributed by atoms with Gasteiger partial charge in [0.15, 0.2) is 11.6 Å². The summed E-state index contributed by atoms with van der Waals surface area (Å²) in [6.45, 7) is 0. The van der Waals surface area contributed by atoms with Crippen LogP contribution in [-0.4, -0.2) is 0 Å². The Bertz CT molecular complexity index is 554. The molecule has 0 heterocycles. The average Bonchev–Trinajstić information content (AvgIpc) is 2.32. The predicted octanol–water partition coefficient (Wildman–Crippen LogP) is 3.35. The second-order valence-electron chi connectivity index (χ2n) is 4.08. The van der Waals surface area contributed by atoms with E-state index in [-0.39, 0.29) is 17.8 Å². The Hall–Kier alpha value is -1.81. The second-order valence-corrected chi connectivity index (χ2v) is 4.08. The molecule has 0 saturated heterocycles. The average molecular weight is 251 g/mol. The summed E-state index contributed by atoms with van der Waals surface area (Å²) in [5.74, 6) is -2.25. The monoisotopic (exact) mass is 251 g/mol. The zero-order valence-corrected chi connectivity index (χ0v) is 9.54. The van der Waals surface area contributed by atoms with Crippen LogP contribution in [-0.2, 0) is 6.42 Å². The Morgan fingerprint density at radius 3 is 2.44 bits per heavy atom. The van der Waals surface area contributed by atoms with E-state index in [4.69, 9.17) is 5.73 Å². The standard InChI is InChI=1S/C14H12F3N/c15-10-4-1-3-9(7-10)8-13(18)11-5-2-6-12(16)14(11)17/h1-7,13H,8,18H2. The summed E-state index contributed by atoms with van der Waals surface area (Å²) in [6, 6.07) is 9.06. The van der Waals surface area contributed by atoms with Crippen LogP contribution >= 0.6 is 0 Å².